The van der Waals surface area contributed by atoms with Crippen molar-refractivity contribution < 1.29 is 14.7 Å². The summed E-state index contributed by atoms with van der Waals surface area (Å²) in [7, 11) is 3.31. The quantitative estimate of drug-likeness (QED) is 0.584. The molecule has 0 aliphatic rings. The predicted octanol–water partition coefficient (Wildman–Crippen LogP) is 1.04. The van der Waals surface area contributed by atoms with Crippen molar-refractivity contribution in [1.82, 2.24) is 4.90 Å². The molecule has 0 bridgehead atoms. The molecule has 1 heterocycles. The lowest BCUT2D eigenvalue weighted by Crippen LogP contribution is -2.45. The van der Waals surface area contributed by atoms with Crippen LogP contribution in [0.25, 0.3) is 0 Å². The molecule has 4 heteroatoms. The van der Waals surface area contributed by atoms with E-state index in [9.17, 15) is 10.0 Å². The van der Waals surface area contributed by atoms with Crippen molar-refractivity contribution in [3.05, 3.63) is 29.6 Å². The van der Waals surface area contributed by atoms with E-state index in [4.69, 9.17) is 0 Å². The third-order valence-corrected chi connectivity index (χ3v) is 2.21. The largest absolute Gasteiger partial charge is 0.339 e. The number of hydrogen-bond acceptors (Lipinski definition) is 2. The molecule has 1 amide bonds. The van der Waals surface area contributed by atoms with Crippen LogP contribution in [0.3, 0.4) is 0 Å². The lowest BCUT2D eigenvalue weighted by molar-refractivity contribution is -0.911. The van der Waals surface area contributed by atoms with E-state index < -0.39 is 0 Å². The van der Waals surface area contributed by atoms with E-state index in [0.717, 1.165) is 10.4 Å². The SMILES string of the molecule is CC(C)c1cccc(C(=O)N(C)C)[n+]1O. The number of amides is 1. The summed E-state index contributed by atoms with van der Waals surface area (Å²) in [5, 5.41) is 9.85. The van der Waals surface area contributed by atoms with Crippen molar-refractivity contribution >= 4 is 5.91 Å². The standard InChI is InChI=1S/C11H17N2O2/c1-8(2)9-6-5-7-10(13(9)15)11(14)12(3)4/h5-8,15H,1-4H3/q+1. The van der Waals surface area contributed by atoms with Crippen molar-refractivity contribution in [2.45, 2.75) is 19.8 Å². The summed E-state index contributed by atoms with van der Waals surface area (Å²) in [6.07, 6.45) is 0. The molecule has 0 spiro atoms. The lowest BCUT2D eigenvalue weighted by atomic mass is 10.1. The molecule has 4 nitrogen and oxygen atoms in total. The van der Waals surface area contributed by atoms with Gasteiger partial charge in [0, 0.05) is 36.9 Å². The molecule has 0 radical (unpaired) electrons. The van der Waals surface area contributed by atoms with E-state index in [1.807, 2.05) is 13.8 Å². The van der Waals surface area contributed by atoms with Gasteiger partial charge in [-0.3, -0.25) is 10.0 Å². The number of hydrogen-bond donors (Lipinski definition) is 1. The third-order valence-electron chi connectivity index (χ3n) is 2.21. The Balaban J connectivity index is 3.21. The van der Waals surface area contributed by atoms with Crippen LogP contribution in [-0.4, -0.2) is 30.1 Å². The topological polar surface area (TPSA) is 44.4 Å². The molecule has 0 saturated carbocycles. The van der Waals surface area contributed by atoms with Gasteiger partial charge in [-0.15, -0.1) is 0 Å². The number of rotatable bonds is 2. The first kappa shape index (κ1) is 11.5. The number of nitrogens with zero attached hydrogens (tertiary/aromatic N) is 2. The highest BCUT2D eigenvalue weighted by Crippen LogP contribution is 2.09. The predicted molar refractivity (Wildman–Crippen MR) is 55.9 cm³/mol. The number of carbonyl (C=O) groups excluding carboxylic acids is 1. The number of aromatic nitrogens is 1. The van der Waals surface area contributed by atoms with Gasteiger partial charge in [0.1, 0.15) is 0 Å². The first-order chi connectivity index (χ1) is 6.95. The van der Waals surface area contributed by atoms with E-state index in [-0.39, 0.29) is 17.5 Å². The highest BCUT2D eigenvalue weighted by molar-refractivity contribution is 5.90. The summed E-state index contributed by atoms with van der Waals surface area (Å²) >= 11 is 0. The van der Waals surface area contributed by atoms with E-state index in [1.165, 1.54) is 4.90 Å². The normalized spacial score (nSPS) is 10.5. The summed E-state index contributed by atoms with van der Waals surface area (Å²) in [5.41, 5.74) is 1.01. The molecule has 82 valence electrons. The van der Waals surface area contributed by atoms with Gasteiger partial charge in [-0.2, -0.15) is 0 Å². The van der Waals surface area contributed by atoms with Crippen LogP contribution in [-0.2, 0) is 0 Å². The molecule has 0 aliphatic heterocycles. The Morgan fingerprint density at radius 1 is 1.40 bits per heavy atom. The molecule has 0 aromatic carbocycles. The van der Waals surface area contributed by atoms with E-state index in [1.54, 1.807) is 32.3 Å². The Morgan fingerprint density at radius 3 is 2.47 bits per heavy atom. The fraction of sp³-hybridized carbons (Fsp3) is 0.455. The smallest absolute Gasteiger partial charge is 0.323 e. The molecular weight excluding hydrogens is 192 g/mol. The van der Waals surface area contributed by atoms with Crippen LogP contribution in [0.1, 0.15) is 35.9 Å². The van der Waals surface area contributed by atoms with Crippen LogP contribution < -0.4 is 4.73 Å². The second-order valence-electron chi connectivity index (χ2n) is 4.00. The minimum atomic E-state index is -0.208. The van der Waals surface area contributed by atoms with Crippen LogP contribution in [0.2, 0.25) is 0 Å². The molecule has 0 aliphatic carbocycles. The van der Waals surface area contributed by atoms with Gasteiger partial charge >= 0.3 is 11.6 Å². The maximum Gasteiger partial charge on any atom is 0.323 e. The van der Waals surface area contributed by atoms with Gasteiger partial charge in [0.05, 0.1) is 0 Å². The van der Waals surface area contributed by atoms with Crippen molar-refractivity contribution in [2.24, 2.45) is 0 Å². The summed E-state index contributed by atoms with van der Waals surface area (Å²) in [6.45, 7) is 3.93. The van der Waals surface area contributed by atoms with Crippen LogP contribution >= 0.6 is 0 Å². The Morgan fingerprint density at radius 2 is 2.00 bits per heavy atom. The zero-order valence-electron chi connectivity index (χ0n) is 9.56. The first-order valence-electron chi connectivity index (χ1n) is 4.91. The van der Waals surface area contributed by atoms with Crippen LogP contribution in [0.15, 0.2) is 18.2 Å². The molecule has 1 N–H and O–H groups in total. The monoisotopic (exact) mass is 209 g/mol. The average molecular weight is 209 g/mol. The van der Waals surface area contributed by atoms with Gasteiger partial charge in [-0.05, 0) is 6.07 Å². The molecule has 15 heavy (non-hydrogen) atoms. The zero-order chi connectivity index (χ0) is 11.6. The highest BCUT2D eigenvalue weighted by Gasteiger charge is 2.25. The van der Waals surface area contributed by atoms with Gasteiger partial charge in [-0.25, -0.2) is 0 Å². The van der Waals surface area contributed by atoms with E-state index in [2.05, 4.69) is 0 Å². The molecule has 1 rings (SSSR count). The van der Waals surface area contributed by atoms with Crippen LogP contribution in [0, 0.1) is 0 Å². The summed E-state index contributed by atoms with van der Waals surface area (Å²) in [5.74, 6) is -0.0371. The second-order valence-corrected chi connectivity index (χ2v) is 4.00. The Hall–Kier alpha value is -1.58. The summed E-state index contributed by atoms with van der Waals surface area (Å²) in [6, 6.07) is 5.18. The first-order valence-corrected chi connectivity index (χ1v) is 4.91. The molecule has 0 unspecified atom stereocenters. The Labute approximate surface area is 89.7 Å². The van der Waals surface area contributed by atoms with Gasteiger partial charge in [0.15, 0.2) is 0 Å². The van der Waals surface area contributed by atoms with Crippen molar-refractivity contribution in [2.75, 3.05) is 14.1 Å². The average Bonchev–Trinajstić information content (AvgIpc) is 2.16. The highest BCUT2D eigenvalue weighted by atomic mass is 16.5. The van der Waals surface area contributed by atoms with E-state index >= 15 is 0 Å². The maximum atomic E-state index is 11.7. The lowest BCUT2D eigenvalue weighted by Gasteiger charge is -2.08. The van der Waals surface area contributed by atoms with Crippen LogP contribution in [0.4, 0.5) is 0 Å². The van der Waals surface area contributed by atoms with Gasteiger partial charge in [0.2, 0.25) is 5.69 Å². The van der Waals surface area contributed by atoms with Gasteiger partial charge < -0.3 is 4.90 Å². The maximum absolute atomic E-state index is 11.7. The van der Waals surface area contributed by atoms with E-state index in [0.29, 0.717) is 0 Å². The third kappa shape index (κ3) is 2.26. The zero-order valence-corrected chi connectivity index (χ0v) is 9.56. The second kappa shape index (κ2) is 4.29. The van der Waals surface area contributed by atoms with Gasteiger partial charge in [-0.1, -0.05) is 13.8 Å². The number of carbonyl (C=O) groups is 1. The number of pyridine rings is 1. The minimum absolute atomic E-state index is 0.171. The fourth-order valence-electron chi connectivity index (χ4n) is 1.35. The fourth-order valence-corrected chi connectivity index (χ4v) is 1.35. The Bertz CT molecular complexity index is 373. The molecular formula is C11H17N2O2+. The minimum Gasteiger partial charge on any atom is -0.339 e. The summed E-state index contributed by atoms with van der Waals surface area (Å²) < 4.78 is 0.965. The molecule has 0 atom stereocenters. The van der Waals surface area contributed by atoms with Gasteiger partial charge in [0.25, 0.3) is 0 Å². The molecule has 0 saturated heterocycles. The molecule has 1 aromatic heterocycles. The van der Waals surface area contributed by atoms with Crippen LogP contribution in [0.5, 0.6) is 0 Å². The Kier molecular flexibility index (Phi) is 3.29. The molecule has 1 aromatic rings. The van der Waals surface area contributed by atoms with Crippen molar-refractivity contribution in [1.29, 1.82) is 0 Å². The van der Waals surface area contributed by atoms with Crippen molar-refractivity contribution in [3.8, 4) is 0 Å². The van der Waals surface area contributed by atoms with Crippen molar-refractivity contribution in [3.63, 3.8) is 0 Å². The molecule has 0 fully saturated rings. The summed E-state index contributed by atoms with van der Waals surface area (Å²) in [4.78, 5) is 13.1.